The number of rotatable bonds is 8. The first-order valence-corrected chi connectivity index (χ1v) is 12.6. The van der Waals surface area contributed by atoms with Gasteiger partial charge >= 0.3 is 5.97 Å². The van der Waals surface area contributed by atoms with Crippen molar-refractivity contribution >= 4 is 23.6 Å². The van der Waals surface area contributed by atoms with E-state index in [0.717, 1.165) is 11.3 Å². The molecule has 2 heterocycles. The average Bonchev–Trinajstić information content (AvgIpc) is 3.51. The Kier molecular flexibility index (Phi) is 7.54. The van der Waals surface area contributed by atoms with Crippen molar-refractivity contribution in [2.75, 3.05) is 11.9 Å². The van der Waals surface area contributed by atoms with Crippen LogP contribution in [-0.4, -0.2) is 37.6 Å². The van der Waals surface area contributed by atoms with E-state index in [0.29, 0.717) is 22.6 Å². The normalized spacial score (nSPS) is 11.1. The van der Waals surface area contributed by atoms with Gasteiger partial charge < -0.3 is 10.1 Å². The van der Waals surface area contributed by atoms with E-state index in [1.54, 1.807) is 41.5 Å². The number of nitrogens with zero attached hydrogens (tertiary/aromatic N) is 4. The predicted molar refractivity (Wildman–Crippen MR) is 153 cm³/mol. The van der Waals surface area contributed by atoms with Gasteiger partial charge in [-0.05, 0) is 37.3 Å². The molecule has 5 rings (SSSR count). The molecule has 2 aromatic heterocycles. The molecule has 40 heavy (non-hydrogen) atoms. The van der Waals surface area contributed by atoms with Gasteiger partial charge in [-0.3, -0.25) is 14.3 Å². The summed E-state index contributed by atoms with van der Waals surface area (Å²) in [6.45, 7) is 1.18. The van der Waals surface area contributed by atoms with Crippen LogP contribution in [0.15, 0.2) is 108 Å². The van der Waals surface area contributed by atoms with Crippen molar-refractivity contribution in [2.24, 2.45) is 7.05 Å². The van der Waals surface area contributed by atoms with Crippen LogP contribution in [0, 0.1) is 6.92 Å². The van der Waals surface area contributed by atoms with Crippen LogP contribution in [0.2, 0.25) is 0 Å². The maximum absolute atomic E-state index is 13.0. The molecule has 1 N–H and O–H groups in total. The molecule has 0 unspecified atom stereocenters. The minimum Gasteiger partial charge on any atom is -0.452 e. The Hall–Kier alpha value is -5.44. The van der Waals surface area contributed by atoms with E-state index >= 15 is 0 Å². The first-order valence-electron chi connectivity index (χ1n) is 12.6. The molecule has 0 spiro atoms. The highest BCUT2D eigenvalue weighted by Gasteiger charge is 2.18. The summed E-state index contributed by atoms with van der Waals surface area (Å²) in [4.78, 5) is 38.1. The Labute approximate surface area is 230 Å². The Morgan fingerprint density at radius 1 is 0.900 bits per heavy atom. The van der Waals surface area contributed by atoms with Crippen LogP contribution in [0.5, 0.6) is 0 Å². The van der Waals surface area contributed by atoms with E-state index in [4.69, 9.17) is 9.84 Å². The van der Waals surface area contributed by atoms with Gasteiger partial charge in [-0.15, -0.1) is 0 Å². The smallest absolute Gasteiger partial charge is 0.331 e. The number of amides is 1. The number of benzene rings is 3. The molecule has 0 saturated carbocycles. The zero-order valence-corrected chi connectivity index (χ0v) is 22.0. The lowest BCUT2D eigenvalue weighted by Crippen LogP contribution is -2.25. The van der Waals surface area contributed by atoms with E-state index in [9.17, 15) is 14.4 Å². The molecular weight excluding hydrogens is 506 g/mol. The Morgan fingerprint density at radius 2 is 1.50 bits per heavy atom. The fourth-order valence-corrected chi connectivity index (χ4v) is 4.27. The highest BCUT2D eigenvalue weighted by atomic mass is 16.5. The Balaban J connectivity index is 1.28. The molecule has 5 aromatic rings. The summed E-state index contributed by atoms with van der Waals surface area (Å²) in [6, 6.07) is 28.4. The van der Waals surface area contributed by atoms with Gasteiger partial charge in [0.25, 0.3) is 11.5 Å². The van der Waals surface area contributed by atoms with E-state index in [-0.39, 0.29) is 11.2 Å². The number of aromatic nitrogens is 4. The van der Waals surface area contributed by atoms with Crippen molar-refractivity contribution in [1.29, 1.82) is 0 Å². The van der Waals surface area contributed by atoms with Gasteiger partial charge in [0.15, 0.2) is 6.61 Å². The van der Waals surface area contributed by atoms with Crippen LogP contribution in [0.25, 0.3) is 28.7 Å². The SMILES string of the molecule is Cc1c(NC(=O)COC(=O)/C=C/c2cn(-c3ccccc3)nc2-c2ccccc2)c(=O)n(-c2ccccc2)n1C. The van der Waals surface area contributed by atoms with Crippen LogP contribution in [-0.2, 0) is 21.4 Å². The highest BCUT2D eigenvalue weighted by molar-refractivity contribution is 5.95. The molecule has 0 radical (unpaired) electrons. The Bertz CT molecular complexity index is 1730. The summed E-state index contributed by atoms with van der Waals surface area (Å²) in [5, 5.41) is 7.30. The minimum absolute atomic E-state index is 0.128. The fourth-order valence-electron chi connectivity index (χ4n) is 4.27. The van der Waals surface area contributed by atoms with Crippen molar-refractivity contribution in [3.05, 3.63) is 125 Å². The van der Waals surface area contributed by atoms with Crippen LogP contribution in [0.4, 0.5) is 5.69 Å². The topological polar surface area (TPSA) is 100 Å². The maximum Gasteiger partial charge on any atom is 0.331 e. The molecule has 3 aromatic carbocycles. The quantitative estimate of drug-likeness (QED) is 0.233. The lowest BCUT2D eigenvalue weighted by atomic mass is 10.1. The predicted octanol–water partition coefficient (Wildman–Crippen LogP) is 4.53. The van der Waals surface area contributed by atoms with Crippen molar-refractivity contribution in [3.8, 4) is 22.6 Å². The molecule has 0 aliphatic heterocycles. The second kappa shape index (κ2) is 11.5. The highest BCUT2D eigenvalue weighted by Crippen LogP contribution is 2.24. The molecule has 0 fully saturated rings. The molecule has 9 nitrogen and oxygen atoms in total. The second-order valence-corrected chi connectivity index (χ2v) is 9.00. The number of carbonyl (C=O) groups excluding carboxylic acids is 2. The monoisotopic (exact) mass is 533 g/mol. The zero-order valence-electron chi connectivity index (χ0n) is 22.0. The van der Waals surface area contributed by atoms with Crippen molar-refractivity contribution < 1.29 is 14.3 Å². The number of anilines is 1. The molecule has 1 amide bonds. The van der Waals surface area contributed by atoms with Gasteiger partial charge in [-0.1, -0.05) is 66.7 Å². The third-order valence-corrected chi connectivity index (χ3v) is 6.37. The average molecular weight is 534 g/mol. The zero-order chi connectivity index (χ0) is 28.1. The summed E-state index contributed by atoms with van der Waals surface area (Å²) >= 11 is 0. The van der Waals surface area contributed by atoms with E-state index in [2.05, 4.69) is 5.32 Å². The first-order chi connectivity index (χ1) is 19.4. The number of carbonyl (C=O) groups is 2. The minimum atomic E-state index is -0.701. The van der Waals surface area contributed by atoms with Crippen molar-refractivity contribution in [1.82, 2.24) is 19.1 Å². The third kappa shape index (κ3) is 5.53. The lowest BCUT2D eigenvalue weighted by Gasteiger charge is -2.07. The van der Waals surface area contributed by atoms with Gasteiger partial charge in [0.1, 0.15) is 5.69 Å². The molecule has 9 heteroatoms. The number of ether oxygens (including phenoxy) is 1. The van der Waals surface area contributed by atoms with Crippen LogP contribution in [0.1, 0.15) is 11.3 Å². The van der Waals surface area contributed by atoms with Gasteiger partial charge in [-0.25, -0.2) is 14.2 Å². The number of nitrogens with one attached hydrogen (secondary N) is 1. The summed E-state index contributed by atoms with van der Waals surface area (Å²) in [5.74, 6) is -1.32. The molecule has 200 valence electrons. The van der Waals surface area contributed by atoms with E-state index < -0.39 is 18.5 Å². The van der Waals surface area contributed by atoms with Crippen LogP contribution < -0.4 is 10.9 Å². The molecule has 0 saturated heterocycles. The second-order valence-electron chi connectivity index (χ2n) is 9.00. The fraction of sp³-hybridized carbons (Fsp3) is 0.0968. The molecular formula is C31H27N5O4. The molecule has 0 aliphatic rings. The number of esters is 1. The van der Waals surface area contributed by atoms with Crippen molar-refractivity contribution in [2.45, 2.75) is 6.92 Å². The Morgan fingerprint density at radius 3 is 2.15 bits per heavy atom. The van der Waals surface area contributed by atoms with Crippen molar-refractivity contribution in [3.63, 3.8) is 0 Å². The van der Waals surface area contributed by atoms with Gasteiger partial charge in [0.2, 0.25) is 0 Å². The number of hydrogen-bond acceptors (Lipinski definition) is 5. The standard InChI is InChI=1S/C31H27N5O4/c1-22-29(31(39)36(34(22)2)26-16-10-5-11-17-26)32-27(37)21-40-28(38)19-18-24-20-35(25-14-8-4-9-15-25)33-30(24)23-12-6-3-7-13-23/h3-20H,21H2,1-2H3,(H,32,37)/b19-18+. The molecule has 0 bridgehead atoms. The van der Waals surface area contributed by atoms with Gasteiger partial charge in [0.05, 0.1) is 22.8 Å². The summed E-state index contributed by atoms with van der Waals surface area (Å²) < 4.78 is 10.0. The van der Waals surface area contributed by atoms with Crippen LogP contribution >= 0.6 is 0 Å². The molecule has 0 aliphatic carbocycles. The number of hydrogen-bond donors (Lipinski definition) is 1. The van der Waals surface area contributed by atoms with Gasteiger partial charge in [0, 0.05) is 30.4 Å². The van der Waals surface area contributed by atoms with E-state index in [1.165, 1.54) is 10.8 Å². The summed E-state index contributed by atoms with van der Waals surface area (Å²) in [7, 11) is 1.73. The lowest BCUT2D eigenvalue weighted by molar-refractivity contribution is -0.142. The van der Waals surface area contributed by atoms with E-state index in [1.807, 2.05) is 85.1 Å². The number of para-hydroxylation sites is 2. The maximum atomic E-state index is 13.0. The summed E-state index contributed by atoms with van der Waals surface area (Å²) in [5.41, 5.74) is 4.15. The van der Waals surface area contributed by atoms with Crippen LogP contribution in [0.3, 0.4) is 0 Å². The largest absolute Gasteiger partial charge is 0.452 e. The summed E-state index contributed by atoms with van der Waals surface area (Å²) in [6.07, 6.45) is 4.68. The van der Waals surface area contributed by atoms with Gasteiger partial charge in [-0.2, -0.15) is 5.10 Å². The third-order valence-electron chi connectivity index (χ3n) is 6.37. The molecule has 0 atom stereocenters. The first kappa shape index (κ1) is 26.2.